The maximum Gasteiger partial charge on any atom is 0.304 e. The Morgan fingerprint density at radius 1 is 1.19 bits per heavy atom. The molecule has 110 valence electrons. The van der Waals surface area contributed by atoms with E-state index in [1.807, 2.05) is 0 Å². The number of rotatable bonds is 4. The Morgan fingerprint density at radius 3 is 2.52 bits per heavy atom. The molecule has 21 heavy (non-hydrogen) atoms. The summed E-state index contributed by atoms with van der Waals surface area (Å²) >= 11 is 3.26. The molecule has 0 radical (unpaired) electrons. The predicted octanol–water partition coefficient (Wildman–Crippen LogP) is 4.81. The number of anilines is 1. The normalized spacial score (nSPS) is 12.0. The second-order valence-electron chi connectivity index (χ2n) is 4.46. The average molecular weight is 357 g/mol. The lowest BCUT2D eigenvalue weighted by atomic mass is 10.1. The first-order chi connectivity index (χ1) is 9.88. The SMILES string of the molecule is CC(Nc1ccc([N+](=O)[O-])c(F)c1)c1cc(Br)ccc1F. The van der Waals surface area contributed by atoms with Crippen LogP contribution in [0.5, 0.6) is 0 Å². The third kappa shape index (κ3) is 3.55. The maximum atomic E-state index is 13.7. The summed E-state index contributed by atoms with van der Waals surface area (Å²) < 4.78 is 28.0. The fourth-order valence-corrected chi connectivity index (χ4v) is 2.30. The quantitative estimate of drug-likeness (QED) is 0.631. The third-order valence-corrected chi connectivity index (χ3v) is 3.45. The first-order valence-corrected chi connectivity index (χ1v) is 6.83. The highest BCUT2D eigenvalue weighted by Gasteiger charge is 2.16. The van der Waals surface area contributed by atoms with Crippen molar-refractivity contribution in [3.63, 3.8) is 0 Å². The molecule has 0 saturated carbocycles. The number of nitrogens with zero attached hydrogens (tertiary/aromatic N) is 1. The second-order valence-corrected chi connectivity index (χ2v) is 5.37. The van der Waals surface area contributed by atoms with Gasteiger partial charge in [-0.15, -0.1) is 0 Å². The summed E-state index contributed by atoms with van der Waals surface area (Å²) in [5.74, 6) is -1.33. The van der Waals surface area contributed by atoms with Gasteiger partial charge < -0.3 is 5.32 Å². The first kappa shape index (κ1) is 15.4. The monoisotopic (exact) mass is 356 g/mol. The number of hydrogen-bond donors (Lipinski definition) is 1. The summed E-state index contributed by atoms with van der Waals surface area (Å²) in [6.45, 7) is 1.71. The smallest absolute Gasteiger partial charge is 0.304 e. The molecule has 1 N–H and O–H groups in total. The lowest BCUT2D eigenvalue weighted by Gasteiger charge is -2.16. The standard InChI is InChI=1S/C14H11BrF2N2O2/c1-8(11-6-9(15)2-4-12(11)16)18-10-3-5-14(19(20)21)13(17)7-10/h2-8,18H,1H3. The van der Waals surface area contributed by atoms with Gasteiger partial charge in [0.1, 0.15) is 5.82 Å². The van der Waals surface area contributed by atoms with Gasteiger partial charge in [-0.3, -0.25) is 10.1 Å². The number of halogens is 3. The average Bonchev–Trinajstić information content (AvgIpc) is 2.41. The maximum absolute atomic E-state index is 13.7. The number of benzene rings is 2. The largest absolute Gasteiger partial charge is 0.378 e. The molecule has 0 fully saturated rings. The Morgan fingerprint density at radius 2 is 1.90 bits per heavy atom. The van der Waals surface area contributed by atoms with E-state index in [0.717, 1.165) is 16.6 Å². The molecule has 0 bridgehead atoms. The van der Waals surface area contributed by atoms with Crippen LogP contribution in [-0.4, -0.2) is 4.92 Å². The number of nitrogens with one attached hydrogen (secondary N) is 1. The Bertz CT molecular complexity index is 695. The summed E-state index contributed by atoms with van der Waals surface area (Å²) in [7, 11) is 0. The Hall–Kier alpha value is -2.02. The molecular weight excluding hydrogens is 346 g/mol. The highest BCUT2D eigenvalue weighted by molar-refractivity contribution is 9.10. The molecule has 2 aromatic rings. The van der Waals surface area contributed by atoms with Gasteiger partial charge in [0.05, 0.1) is 11.0 Å². The molecule has 2 rings (SSSR count). The van der Waals surface area contributed by atoms with Crippen molar-refractivity contribution in [1.29, 1.82) is 0 Å². The zero-order valence-corrected chi connectivity index (χ0v) is 12.5. The van der Waals surface area contributed by atoms with E-state index in [0.29, 0.717) is 11.3 Å². The van der Waals surface area contributed by atoms with Crippen LogP contribution in [0.25, 0.3) is 0 Å². The highest BCUT2D eigenvalue weighted by Crippen LogP contribution is 2.27. The van der Waals surface area contributed by atoms with Crippen molar-refractivity contribution in [1.82, 2.24) is 0 Å². The van der Waals surface area contributed by atoms with Crippen LogP contribution in [0.2, 0.25) is 0 Å². The van der Waals surface area contributed by atoms with Gasteiger partial charge in [0, 0.05) is 27.9 Å². The van der Waals surface area contributed by atoms with Crippen molar-refractivity contribution < 1.29 is 13.7 Å². The van der Waals surface area contributed by atoms with E-state index in [-0.39, 0.29) is 5.82 Å². The molecule has 0 aliphatic carbocycles. The molecule has 0 aliphatic rings. The van der Waals surface area contributed by atoms with Crippen LogP contribution in [0.15, 0.2) is 40.9 Å². The van der Waals surface area contributed by atoms with Gasteiger partial charge in [-0.2, -0.15) is 4.39 Å². The topological polar surface area (TPSA) is 55.2 Å². The highest BCUT2D eigenvalue weighted by atomic mass is 79.9. The predicted molar refractivity (Wildman–Crippen MR) is 79.2 cm³/mol. The molecule has 0 saturated heterocycles. The Kier molecular flexibility index (Phi) is 4.52. The molecular formula is C14H11BrF2N2O2. The molecule has 0 spiro atoms. The van der Waals surface area contributed by atoms with Gasteiger partial charge in [0.25, 0.3) is 0 Å². The Balaban J connectivity index is 2.23. The van der Waals surface area contributed by atoms with Crippen LogP contribution in [0, 0.1) is 21.7 Å². The molecule has 0 amide bonds. The van der Waals surface area contributed by atoms with Crippen molar-refractivity contribution in [2.24, 2.45) is 0 Å². The molecule has 1 unspecified atom stereocenters. The van der Waals surface area contributed by atoms with Crippen LogP contribution in [-0.2, 0) is 0 Å². The minimum atomic E-state index is -0.938. The van der Waals surface area contributed by atoms with Crippen molar-refractivity contribution in [2.75, 3.05) is 5.32 Å². The zero-order chi connectivity index (χ0) is 15.6. The summed E-state index contributed by atoms with van der Waals surface area (Å²) in [5.41, 5.74) is 0.148. The summed E-state index contributed by atoms with van der Waals surface area (Å²) in [6.07, 6.45) is 0. The van der Waals surface area contributed by atoms with Crippen molar-refractivity contribution in [3.8, 4) is 0 Å². The minimum Gasteiger partial charge on any atom is -0.378 e. The van der Waals surface area contributed by atoms with Gasteiger partial charge >= 0.3 is 5.69 Å². The first-order valence-electron chi connectivity index (χ1n) is 6.04. The van der Waals surface area contributed by atoms with Gasteiger partial charge in [0.15, 0.2) is 0 Å². The Labute approximate surface area is 128 Å². The minimum absolute atomic E-state index is 0.338. The van der Waals surface area contributed by atoms with Crippen LogP contribution in [0.1, 0.15) is 18.5 Å². The van der Waals surface area contributed by atoms with E-state index < -0.39 is 22.5 Å². The van der Waals surface area contributed by atoms with Crippen molar-refractivity contribution in [2.45, 2.75) is 13.0 Å². The molecule has 1 atom stereocenters. The molecule has 0 aliphatic heterocycles. The van der Waals surface area contributed by atoms with E-state index in [9.17, 15) is 18.9 Å². The van der Waals surface area contributed by atoms with Gasteiger partial charge in [-0.25, -0.2) is 4.39 Å². The summed E-state index contributed by atoms with van der Waals surface area (Å²) in [4.78, 5) is 9.75. The lowest BCUT2D eigenvalue weighted by molar-refractivity contribution is -0.387. The van der Waals surface area contributed by atoms with Crippen LogP contribution < -0.4 is 5.32 Å². The number of nitro groups is 1. The van der Waals surface area contributed by atoms with E-state index in [4.69, 9.17) is 0 Å². The van der Waals surface area contributed by atoms with E-state index in [1.165, 1.54) is 12.1 Å². The second kappa shape index (κ2) is 6.17. The van der Waals surface area contributed by atoms with Gasteiger partial charge in [0.2, 0.25) is 5.82 Å². The lowest BCUT2D eigenvalue weighted by Crippen LogP contribution is -2.09. The van der Waals surface area contributed by atoms with Crippen LogP contribution in [0.3, 0.4) is 0 Å². The van der Waals surface area contributed by atoms with Gasteiger partial charge in [-0.05, 0) is 31.2 Å². The molecule has 0 aromatic heterocycles. The van der Waals surface area contributed by atoms with E-state index >= 15 is 0 Å². The summed E-state index contributed by atoms with van der Waals surface area (Å²) in [5, 5.41) is 13.5. The molecule has 7 heteroatoms. The third-order valence-electron chi connectivity index (χ3n) is 2.95. The van der Waals surface area contributed by atoms with Crippen molar-refractivity contribution in [3.05, 3.63) is 68.2 Å². The van der Waals surface area contributed by atoms with Crippen LogP contribution >= 0.6 is 15.9 Å². The van der Waals surface area contributed by atoms with E-state index in [1.54, 1.807) is 19.1 Å². The molecule has 0 heterocycles. The van der Waals surface area contributed by atoms with Gasteiger partial charge in [-0.1, -0.05) is 15.9 Å². The fourth-order valence-electron chi connectivity index (χ4n) is 1.92. The molecule has 4 nitrogen and oxygen atoms in total. The molecule has 2 aromatic carbocycles. The number of nitro benzene ring substituents is 1. The van der Waals surface area contributed by atoms with E-state index in [2.05, 4.69) is 21.2 Å². The zero-order valence-electron chi connectivity index (χ0n) is 10.9. The van der Waals surface area contributed by atoms with Crippen LogP contribution in [0.4, 0.5) is 20.2 Å². The fraction of sp³-hybridized carbons (Fsp3) is 0.143. The summed E-state index contributed by atoms with van der Waals surface area (Å²) in [6, 6.07) is 7.57. The number of hydrogen-bond acceptors (Lipinski definition) is 3. The van der Waals surface area contributed by atoms with Crippen molar-refractivity contribution >= 4 is 27.3 Å².